The van der Waals surface area contributed by atoms with Gasteiger partial charge in [-0.05, 0) is 36.4 Å². The fraction of sp³-hybridized carbons (Fsp3) is 0.200. The highest BCUT2D eigenvalue weighted by atomic mass is 32.2. The zero-order valence-corrected chi connectivity index (χ0v) is 18.4. The number of thioether (sulfide) groups is 1. The number of nitrogens with one attached hydrogen (secondary N) is 1. The van der Waals surface area contributed by atoms with Gasteiger partial charge in [0.05, 0.1) is 23.3 Å². The van der Waals surface area contributed by atoms with E-state index < -0.39 is 15.8 Å². The fourth-order valence-corrected chi connectivity index (χ4v) is 4.67. The molecule has 162 valence electrons. The van der Waals surface area contributed by atoms with Gasteiger partial charge in [0.25, 0.3) is 0 Å². The molecule has 0 aliphatic rings. The van der Waals surface area contributed by atoms with Crippen molar-refractivity contribution in [3.8, 4) is 0 Å². The zero-order chi connectivity index (χ0) is 22.4. The van der Waals surface area contributed by atoms with Crippen molar-refractivity contribution in [3.63, 3.8) is 0 Å². The molecule has 31 heavy (non-hydrogen) atoms. The quantitative estimate of drug-likeness (QED) is 0.402. The van der Waals surface area contributed by atoms with Crippen LogP contribution in [0.2, 0.25) is 0 Å². The van der Waals surface area contributed by atoms with Crippen molar-refractivity contribution in [2.24, 2.45) is 7.05 Å². The first kappa shape index (κ1) is 22.5. The molecule has 0 aliphatic heterocycles. The molecule has 11 heteroatoms. The van der Waals surface area contributed by atoms with Crippen molar-refractivity contribution < 1.29 is 22.7 Å². The second kappa shape index (κ2) is 9.75. The smallest absolute Gasteiger partial charge is 0.337 e. The highest BCUT2D eigenvalue weighted by Gasteiger charge is 2.20. The van der Waals surface area contributed by atoms with E-state index in [0.717, 1.165) is 11.8 Å². The van der Waals surface area contributed by atoms with E-state index in [1.807, 2.05) is 0 Å². The summed E-state index contributed by atoms with van der Waals surface area (Å²) in [6, 6.07) is 14.4. The molecule has 0 saturated heterocycles. The third kappa shape index (κ3) is 5.70. The Morgan fingerprint density at radius 1 is 1.06 bits per heavy atom. The normalized spacial score (nSPS) is 11.2. The van der Waals surface area contributed by atoms with Gasteiger partial charge in [0.1, 0.15) is 11.6 Å². The third-order valence-corrected chi connectivity index (χ3v) is 6.92. The summed E-state index contributed by atoms with van der Waals surface area (Å²) in [5.74, 6) is -0.695. The van der Waals surface area contributed by atoms with E-state index in [4.69, 9.17) is 0 Å². The van der Waals surface area contributed by atoms with Crippen molar-refractivity contribution in [1.82, 2.24) is 14.8 Å². The topological polar surface area (TPSA) is 120 Å². The number of carbonyl (C=O) groups is 2. The van der Waals surface area contributed by atoms with Gasteiger partial charge < -0.3 is 14.6 Å². The number of hydrogen-bond donors (Lipinski definition) is 1. The fourth-order valence-electron chi connectivity index (χ4n) is 2.61. The predicted molar refractivity (Wildman–Crippen MR) is 115 cm³/mol. The summed E-state index contributed by atoms with van der Waals surface area (Å²) in [6.45, 7) is 0. The molecule has 9 nitrogen and oxygen atoms in total. The average molecular weight is 461 g/mol. The zero-order valence-electron chi connectivity index (χ0n) is 16.8. The minimum Gasteiger partial charge on any atom is -0.465 e. The maximum absolute atomic E-state index is 12.5. The molecular formula is C20H20N4O5S2. The number of amides is 1. The van der Waals surface area contributed by atoms with Crippen LogP contribution in [0.5, 0.6) is 0 Å². The Hall–Kier alpha value is -3.18. The molecule has 1 heterocycles. The van der Waals surface area contributed by atoms with Crippen LogP contribution < -0.4 is 5.32 Å². The molecule has 2 aromatic carbocycles. The van der Waals surface area contributed by atoms with E-state index in [1.54, 1.807) is 54.1 Å². The largest absolute Gasteiger partial charge is 0.465 e. The Bertz CT molecular complexity index is 1180. The van der Waals surface area contributed by atoms with E-state index in [0.29, 0.717) is 16.4 Å². The Morgan fingerprint density at radius 2 is 1.74 bits per heavy atom. The molecule has 0 saturated carbocycles. The van der Waals surface area contributed by atoms with Gasteiger partial charge in [-0.25, -0.2) is 13.2 Å². The first-order valence-corrected chi connectivity index (χ1v) is 11.7. The molecule has 3 aromatic rings. The molecule has 3 rings (SSSR count). The highest BCUT2D eigenvalue weighted by Crippen LogP contribution is 2.20. The number of anilines is 1. The minimum absolute atomic E-state index is 0.0517. The summed E-state index contributed by atoms with van der Waals surface area (Å²) < 4.78 is 31.3. The van der Waals surface area contributed by atoms with Crippen molar-refractivity contribution in [3.05, 3.63) is 66.0 Å². The summed E-state index contributed by atoms with van der Waals surface area (Å²) in [5.41, 5.74) is 0.915. The Kier molecular flexibility index (Phi) is 7.08. The third-order valence-electron chi connectivity index (χ3n) is 4.27. The van der Waals surface area contributed by atoms with Crippen molar-refractivity contribution in [1.29, 1.82) is 0 Å². The lowest BCUT2D eigenvalue weighted by atomic mass is 10.2. The van der Waals surface area contributed by atoms with Gasteiger partial charge in [0.2, 0.25) is 5.91 Å². The maximum atomic E-state index is 12.5. The predicted octanol–water partition coefficient (Wildman–Crippen LogP) is 2.31. The Labute approximate surface area is 183 Å². The highest BCUT2D eigenvalue weighted by molar-refractivity contribution is 7.99. The van der Waals surface area contributed by atoms with Gasteiger partial charge in [0, 0.05) is 12.7 Å². The molecule has 0 radical (unpaired) electrons. The summed E-state index contributed by atoms with van der Waals surface area (Å²) >= 11 is 1.14. The average Bonchev–Trinajstić information content (AvgIpc) is 3.11. The number of rotatable bonds is 8. The van der Waals surface area contributed by atoms with E-state index in [9.17, 15) is 18.0 Å². The van der Waals surface area contributed by atoms with Crippen LogP contribution in [0.15, 0.2) is 64.6 Å². The van der Waals surface area contributed by atoms with E-state index in [1.165, 1.54) is 19.2 Å². The Morgan fingerprint density at radius 3 is 2.39 bits per heavy atom. The standard InChI is InChI=1S/C20H20N4O5S2/c1-24-17(13-31(27,28)16-6-4-3-5-7-16)22-23-20(24)30-12-18(25)21-15-10-8-14(9-11-15)19(26)29-2/h3-11H,12-13H2,1-2H3,(H,21,25). The van der Waals surface area contributed by atoms with Crippen LogP contribution >= 0.6 is 11.8 Å². The number of sulfone groups is 1. The molecule has 0 unspecified atom stereocenters. The molecule has 0 spiro atoms. The number of ether oxygens (including phenoxy) is 1. The van der Waals surface area contributed by atoms with Crippen LogP contribution in [0.4, 0.5) is 5.69 Å². The van der Waals surface area contributed by atoms with Crippen LogP contribution in [0.1, 0.15) is 16.2 Å². The lowest BCUT2D eigenvalue weighted by Gasteiger charge is -2.07. The molecule has 1 N–H and O–H groups in total. The molecule has 1 aromatic heterocycles. The van der Waals surface area contributed by atoms with Gasteiger partial charge in [0.15, 0.2) is 15.0 Å². The van der Waals surface area contributed by atoms with Gasteiger partial charge in [-0.1, -0.05) is 30.0 Å². The van der Waals surface area contributed by atoms with E-state index >= 15 is 0 Å². The molecular weight excluding hydrogens is 440 g/mol. The number of benzene rings is 2. The SMILES string of the molecule is COC(=O)c1ccc(NC(=O)CSc2nnc(CS(=O)(=O)c3ccccc3)n2C)cc1. The number of aromatic nitrogens is 3. The number of hydrogen-bond acceptors (Lipinski definition) is 8. The van der Waals surface area contributed by atoms with E-state index in [2.05, 4.69) is 20.3 Å². The summed E-state index contributed by atoms with van der Waals surface area (Å²) in [5, 5.41) is 11.1. The minimum atomic E-state index is -3.55. The molecule has 0 bridgehead atoms. The van der Waals surface area contributed by atoms with Gasteiger partial charge >= 0.3 is 5.97 Å². The number of carbonyl (C=O) groups excluding carboxylic acids is 2. The number of nitrogens with zero attached hydrogens (tertiary/aromatic N) is 3. The van der Waals surface area contributed by atoms with Crippen LogP contribution in [-0.2, 0) is 32.2 Å². The molecule has 1 amide bonds. The lowest BCUT2D eigenvalue weighted by Crippen LogP contribution is -2.15. The second-order valence-electron chi connectivity index (χ2n) is 6.44. The Balaban J connectivity index is 1.58. The van der Waals surface area contributed by atoms with Gasteiger partial charge in [-0.15, -0.1) is 10.2 Å². The van der Waals surface area contributed by atoms with Gasteiger partial charge in [-0.3, -0.25) is 4.79 Å². The van der Waals surface area contributed by atoms with Crippen LogP contribution in [0.25, 0.3) is 0 Å². The monoisotopic (exact) mass is 460 g/mol. The summed E-state index contributed by atoms with van der Waals surface area (Å²) in [7, 11) is -0.601. The van der Waals surface area contributed by atoms with Gasteiger partial charge in [-0.2, -0.15) is 0 Å². The van der Waals surface area contributed by atoms with Crippen molar-refractivity contribution in [2.45, 2.75) is 15.8 Å². The van der Waals surface area contributed by atoms with Crippen molar-refractivity contribution in [2.75, 3.05) is 18.2 Å². The van der Waals surface area contributed by atoms with Crippen molar-refractivity contribution >= 4 is 39.2 Å². The number of methoxy groups -OCH3 is 1. The van der Waals surface area contributed by atoms with Crippen LogP contribution in [0.3, 0.4) is 0 Å². The summed E-state index contributed by atoms with van der Waals surface area (Å²) in [4.78, 5) is 23.9. The lowest BCUT2D eigenvalue weighted by molar-refractivity contribution is -0.113. The first-order valence-electron chi connectivity index (χ1n) is 9.07. The van der Waals surface area contributed by atoms with E-state index in [-0.39, 0.29) is 28.1 Å². The summed E-state index contributed by atoms with van der Waals surface area (Å²) in [6.07, 6.45) is 0. The number of esters is 1. The molecule has 0 atom stereocenters. The second-order valence-corrected chi connectivity index (χ2v) is 9.37. The molecule has 0 fully saturated rings. The van der Waals surface area contributed by atoms with Crippen LogP contribution in [0, 0.1) is 0 Å². The van der Waals surface area contributed by atoms with Crippen LogP contribution in [-0.4, -0.2) is 47.9 Å². The first-order chi connectivity index (χ1) is 14.8. The maximum Gasteiger partial charge on any atom is 0.337 e. The molecule has 0 aliphatic carbocycles.